The highest BCUT2D eigenvalue weighted by molar-refractivity contribution is 9.10. The molecule has 0 fully saturated rings. The number of benzene rings is 2. The summed E-state index contributed by atoms with van der Waals surface area (Å²) in [6, 6.07) is 9.99. The van der Waals surface area contributed by atoms with Gasteiger partial charge in [0.15, 0.2) is 11.5 Å². The lowest BCUT2D eigenvalue weighted by molar-refractivity contribution is -0.126. The van der Waals surface area contributed by atoms with E-state index in [0.717, 1.165) is 0 Å². The zero-order chi connectivity index (χ0) is 19.8. The first-order valence-electron chi connectivity index (χ1n) is 7.71. The van der Waals surface area contributed by atoms with Crippen molar-refractivity contribution in [2.45, 2.75) is 6.42 Å². The minimum atomic E-state index is -0.547. The first-order chi connectivity index (χ1) is 12.9. The number of hydrazone groups is 1. The predicted octanol–water partition coefficient (Wildman–Crippen LogP) is 3.60. The molecule has 2 aromatic carbocycles. The minimum Gasteiger partial charge on any atom is -0.493 e. The maximum absolute atomic E-state index is 11.9. The van der Waals surface area contributed by atoms with Crippen LogP contribution < -0.4 is 20.2 Å². The summed E-state index contributed by atoms with van der Waals surface area (Å²) in [7, 11) is 3.06. The Morgan fingerprint density at radius 2 is 1.74 bits per heavy atom. The zero-order valence-corrected chi connectivity index (χ0v) is 16.9. The number of amides is 2. The highest BCUT2D eigenvalue weighted by Gasteiger charge is 2.10. The van der Waals surface area contributed by atoms with Crippen molar-refractivity contribution in [2.24, 2.45) is 5.10 Å². The van der Waals surface area contributed by atoms with Crippen molar-refractivity contribution in [1.82, 2.24) is 5.43 Å². The molecule has 27 heavy (non-hydrogen) atoms. The second-order valence-corrected chi connectivity index (χ2v) is 6.54. The molecule has 0 aliphatic heterocycles. The lowest BCUT2D eigenvalue weighted by Crippen LogP contribution is -2.24. The molecule has 2 aromatic rings. The summed E-state index contributed by atoms with van der Waals surface area (Å²) in [5, 5.41) is 7.01. The van der Waals surface area contributed by atoms with E-state index < -0.39 is 11.8 Å². The summed E-state index contributed by atoms with van der Waals surface area (Å²) in [6.07, 6.45) is 1.06. The van der Waals surface area contributed by atoms with Gasteiger partial charge in [0.2, 0.25) is 11.8 Å². The fourth-order valence-corrected chi connectivity index (χ4v) is 2.62. The molecule has 0 unspecified atom stereocenters. The molecule has 2 rings (SSSR count). The zero-order valence-electron chi connectivity index (χ0n) is 14.6. The van der Waals surface area contributed by atoms with Gasteiger partial charge in [-0.1, -0.05) is 11.6 Å². The van der Waals surface area contributed by atoms with E-state index in [1.165, 1.54) is 20.4 Å². The van der Waals surface area contributed by atoms with E-state index in [2.05, 4.69) is 31.8 Å². The number of rotatable bonds is 7. The van der Waals surface area contributed by atoms with Crippen LogP contribution in [0.1, 0.15) is 12.0 Å². The molecule has 7 nitrogen and oxygen atoms in total. The van der Waals surface area contributed by atoms with E-state index in [1.807, 2.05) is 0 Å². The van der Waals surface area contributed by atoms with Gasteiger partial charge in [0.25, 0.3) is 0 Å². The van der Waals surface area contributed by atoms with E-state index in [1.54, 1.807) is 36.4 Å². The Balaban J connectivity index is 1.91. The Morgan fingerprint density at radius 3 is 2.37 bits per heavy atom. The third-order valence-electron chi connectivity index (χ3n) is 3.34. The molecule has 0 saturated carbocycles. The van der Waals surface area contributed by atoms with E-state index in [0.29, 0.717) is 32.2 Å². The van der Waals surface area contributed by atoms with Crippen molar-refractivity contribution in [2.75, 3.05) is 19.5 Å². The third kappa shape index (κ3) is 6.26. The largest absolute Gasteiger partial charge is 0.493 e. The fourth-order valence-electron chi connectivity index (χ4n) is 2.07. The van der Waals surface area contributed by atoms with Crippen molar-refractivity contribution in [3.05, 3.63) is 51.5 Å². The molecule has 0 radical (unpaired) electrons. The standard InChI is InChI=1S/C18H17BrClN3O4/c1-26-15-7-11(14(19)8-16(15)27-2)10-21-23-18(25)9-17(24)22-13-5-3-12(20)4-6-13/h3-8,10H,9H2,1-2H3,(H,22,24)(H,23,25). The molecular formula is C18H17BrClN3O4. The topological polar surface area (TPSA) is 89.0 Å². The Labute approximate surface area is 169 Å². The molecule has 2 amide bonds. The number of ether oxygens (including phenoxy) is 2. The average Bonchev–Trinajstić information content (AvgIpc) is 2.64. The normalized spacial score (nSPS) is 10.5. The molecule has 2 N–H and O–H groups in total. The second-order valence-electron chi connectivity index (χ2n) is 5.25. The Hall–Kier alpha value is -2.58. The van der Waals surface area contributed by atoms with Gasteiger partial charge in [-0.25, -0.2) is 5.43 Å². The second kappa shape index (κ2) is 9.94. The van der Waals surface area contributed by atoms with Gasteiger partial charge in [0.1, 0.15) is 6.42 Å². The Kier molecular flexibility index (Phi) is 7.63. The molecule has 0 saturated heterocycles. The van der Waals surface area contributed by atoms with Gasteiger partial charge in [-0.2, -0.15) is 5.10 Å². The summed E-state index contributed by atoms with van der Waals surface area (Å²) in [6.45, 7) is 0. The van der Waals surface area contributed by atoms with Crippen LogP contribution in [0.5, 0.6) is 11.5 Å². The molecule has 0 aliphatic carbocycles. The number of halogens is 2. The lowest BCUT2D eigenvalue weighted by Gasteiger charge is -2.09. The van der Waals surface area contributed by atoms with E-state index in [9.17, 15) is 9.59 Å². The summed E-state index contributed by atoms with van der Waals surface area (Å²) in [5.74, 6) is 0.0758. The van der Waals surface area contributed by atoms with Crippen LogP contribution in [-0.4, -0.2) is 32.2 Å². The van der Waals surface area contributed by atoms with Crippen LogP contribution in [0.4, 0.5) is 5.69 Å². The van der Waals surface area contributed by atoms with Crippen LogP contribution in [0.3, 0.4) is 0 Å². The summed E-state index contributed by atoms with van der Waals surface area (Å²) >= 11 is 9.16. The molecule has 0 spiro atoms. The molecule has 0 atom stereocenters. The van der Waals surface area contributed by atoms with E-state index >= 15 is 0 Å². The van der Waals surface area contributed by atoms with Gasteiger partial charge < -0.3 is 14.8 Å². The van der Waals surface area contributed by atoms with Gasteiger partial charge in [-0.15, -0.1) is 0 Å². The van der Waals surface area contributed by atoms with E-state index in [-0.39, 0.29) is 6.42 Å². The summed E-state index contributed by atoms with van der Waals surface area (Å²) < 4.78 is 11.1. The lowest BCUT2D eigenvalue weighted by atomic mass is 10.2. The maximum Gasteiger partial charge on any atom is 0.249 e. The highest BCUT2D eigenvalue weighted by atomic mass is 79.9. The monoisotopic (exact) mass is 453 g/mol. The number of anilines is 1. The number of carbonyl (C=O) groups excluding carboxylic acids is 2. The molecule has 0 aromatic heterocycles. The van der Waals surface area contributed by atoms with Crippen molar-refractivity contribution >= 4 is 51.2 Å². The van der Waals surface area contributed by atoms with Gasteiger partial charge in [0, 0.05) is 20.7 Å². The quantitative estimate of drug-likeness (QED) is 0.380. The van der Waals surface area contributed by atoms with Crippen molar-refractivity contribution in [3.63, 3.8) is 0 Å². The maximum atomic E-state index is 11.9. The molecule has 142 valence electrons. The molecule has 0 bridgehead atoms. The van der Waals surface area contributed by atoms with E-state index in [4.69, 9.17) is 21.1 Å². The number of carbonyl (C=O) groups is 2. The van der Waals surface area contributed by atoms with Crippen LogP contribution in [0.15, 0.2) is 46.0 Å². The minimum absolute atomic E-state index is 0.368. The van der Waals surface area contributed by atoms with Gasteiger partial charge in [-0.05, 0) is 52.3 Å². The number of nitrogens with zero attached hydrogens (tertiary/aromatic N) is 1. The highest BCUT2D eigenvalue weighted by Crippen LogP contribution is 2.32. The molecular weight excluding hydrogens is 438 g/mol. The predicted molar refractivity (Wildman–Crippen MR) is 108 cm³/mol. The first kappa shape index (κ1) is 20.7. The van der Waals surface area contributed by atoms with Crippen LogP contribution >= 0.6 is 27.5 Å². The summed E-state index contributed by atoms with van der Waals surface area (Å²) in [4.78, 5) is 23.7. The third-order valence-corrected chi connectivity index (χ3v) is 4.28. The van der Waals surface area contributed by atoms with Crippen LogP contribution in [0, 0.1) is 0 Å². The summed E-state index contributed by atoms with van der Waals surface area (Å²) in [5.41, 5.74) is 3.52. The number of hydrogen-bond donors (Lipinski definition) is 2. The van der Waals surface area contributed by atoms with Gasteiger partial charge in [0.05, 0.1) is 20.4 Å². The van der Waals surface area contributed by atoms with Gasteiger partial charge >= 0.3 is 0 Å². The molecule has 9 heteroatoms. The van der Waals surface area contributed by atoms with Crippen LogP contribution in [0.2, 0.25) is 5.02 Å². The van der Waals surface area contributed by atoms with Crippen LogP contribution in [0.25, 0.3) is 0 Å². The Morgan fingerprint density at radius 1 is 1.11 bits per heavy atom. The van der Waals surface area contributed by atoms with Crippen molar-refractivity contribution in [3.8, 4) is 11.5 Å². The van der Waals surface area contributed by atoms with Crippen LogP contribution in [-0.2, 0) is 9.59 Å². The average molecular weight is 455 g/mol. The smallest absolute Gasteiger partial charge is 0.249 e. The SMILES string of the molecule is COc1cc(Br)c(C=NNC(=O)CC(=O)Nc2ccc(Cl)cc2)cc1OC. The van der Waals surface area contributed by atoms with Gasteiger partial charge in [-0.3, -0.25) is 9.59 Å². The number of hydrogen-bond acceptors (Lipinski definition) is 5. The number of methoxy groups -OCH3 is 2. The number of nitrogens with one attached hydrogen (secondary N) is 2. The van der Waals surface area contributed by atoms with Crippen molar-refractivity contribution in [1.29, 1.82) is 0 Å². The first-order valence-corrected chi connectivity index (χ1v) is 8.89. The fraction of sp³-hybridized carbons (Fsp3) is 0.167. The molecule has 0 aliphatic rings. The molecule has 0 heterocycles. The Bertz CT molecular complexity index is 856. The van der Waals surface area contributed by atoms with Crippen molar-refractivity contribution < 1.29 is 19.1 Å².